The lowest BCUT2D eigenvalue weighted by molar-refractivity contribution is 0.0600. The molecule has 0 N–H and O–H groups in total. The molecule has 0 atom stereocenters. The van der Waals surface area contributed by atoms with Gasteiger partial charge in [-0.25, -0.2) is 14.8 Å². The van der Waals surface area contributed by atoms with Crippen LogP contribution in [0.25, 0.3) is 11.5 Å². The van der Waals surface area contributed by atoms with E-state index in [9.17, 15) is 4.79 Å². The lowest BCUT2D eigenvalue weighted by Gasteiger charge is -2.00. The minimum Gasteiger partial charge on any atom is -0.465 e. The third-order valence-corrected chi connectivity index (χ3v) is 1.97. The van der Waals surface area contributed by atoms with Crippen LogP contribution >= 0.6 is 0 Å². The van der Waals surface area contributed by atoms with Gasteiger partial charge in [0.1, 0.15) is 5.69 Å². The number of carbonyl (C=O) groups is 1. The average Bonchev–Trinajstić information content (AvgIpc) is 2.39. The van der Waals surface area contributed by atoms with E-state index >= 15 is 0 Å². The van der Waals surface area contributed by atoms with Crippen LogP contribution in [0.15, 0.2) is 36.8 Å². The summed E-state index contributed by atoms with van der Waals surface area (Å²) in [6.07, 6.45) is 4.50. The van der Waals surface area contributed by atoms with Crippen LogP contribution in [0.1, 0.15) is 10.4 Å². The first kappa shape index (κ1) is 10.2. The maximum atomic E-state index is 11.1. The van der Waals surface area contributed by atoms with Crippen molar-refractivity contribution in [2.45, 2.75) is 0 Å². The van der Waals surface area contributed by atoms with Crippen molar-refractivity contribution in [1.29, 1.82) is 0 Å². The van der Waals surface area contributed by atoms with Crippen LogP contribution in [0.3, 0.4) is 0 Å². The quantitative estimate of drug-likeness (QED) is 0.707. The van der Waals surface area contributed by atoms with Gasteiger partial charge in [-0.05, 0) is 12.1 Å². The molecule has 0 saturated carbocycles. The van der Waals surface area contributed by atoms with Crippen molar-refractivity contribution in [3.05, 3.63) is 42.4 Å². The molecule has 2 rings (SSSR count). The van der Waals surface area contributed by atoms with Crippen molar-refractivity contribution in [2.24, 2.45) is 0 Å². The molecule has 0 fully saturated rings. The second-order valence-corrected chi connectivity index (χ2v) is 3.00. The van der Waals surface area contributed by atoms with Crippen LogP contribution in [0.5, 0.6) is 0 Å². The highest BCUT2D eigenvalue weighted by molar-refractivity contribution is 5.88. The fourth-order valence-electron chi connectivity index (χ4n) is 1.18. The zero-order valence-electron chi connectivity index (χ0n) is 8.62. The number of hydrogen-bond donors (Lipinski definition) is 0. The molecular formula is C11H9N3O2. The van der Waals surface area contributed by atoms with Gasteiger partial charge in [0.05, 0.1) is 12.7 Å². The van der Waals surface area contributed by atoms with E-state index in [1.807, 2.05) is 12.1 Å². The van der Waals surface area contributed by atoms with Gasteiger partial charge >= 0.3 is 5.97 Å². The van der Waals surface area contributed by atoms with Gasteiger partial charge in [-0.2, -0.15) is 0 Å². The Morgan fingerprint density at radius 1 is 1.19 bits per heavy atom. The van der Waals surface area contributed by atoms with E-state index in [-0.39, 0.29) is 0 Å². The number of rotatable bonds is 2. The van der Waals surface area contributed by atoms with Gasteiger partial charge in [0.2, 0.25) is 0 Å². The summed E-state index contributed by atoms with van der Waals surface area (Å²) in [6.45, 7) is 0. The van der Waals surface area contributed by atoms with Crippen molar-refractivity contribution < 1.29 is 9.53 Å². The van der Waals surface area contributed by atoms with Crippen LogP contribution in [0, 0.1) is 0 Å². The van der Waals surface area contributed by atoms with Crippen LogP contribution in [-0.4, -0.2) is 28.0 Å². The van der Waals surface area contributed by atoms with E-state index in [1.54, 1.807) is 12.3 Å². The number of methoxy groups -OCH3 is 1. The van der Waals surface area contributed by atoms with Gasteiger partial charge in [0.25, 0.3) is 0 Å². The Morgan fingerprint density at radius 2 is 1.94 bits per heavy atom. The van der Waals surface area contributed by atoms with Gasteiger partial charge in [0.15, 0.2) is 5.82 Å². The molecule has 16 heavy (non-hydrogen) atoms. The number of ether oxygens (including phenoxy) is 1. The van der Waals surface area contributed by atoms with Crippen LogP contribution in [-0.2, 0) is 4.74 Å². The molecule has 2 aromatic rings. The summed E-state index contributed by atoms with van der Waals surface area (Å²) in [7, 11) is 1.31. The molecule has 80 valence electrons. The molecule has 5 nitrogen and oxygen atoms in total. The molecule has 0 amide bonds. The second kappa shape index (κ2) is 4.48. The lowest BCUT2D eigenvalue weighted by Crippen LogP contribution is -2.03. The van der Waals surface area contributed by atoms with Gasteiger partial charge in [-0.15, -0.1) is 0 Å². The molecule has 0 radical (unpaired) electrons. The van der Waals surface area contributed by atoms with Crippen LogP contribution in [0.4, 0.5) is 0 Å². The van der Waals surface area contributed by atoms with E-state index in [0.717, 1.165) is 0 Å². The van der Waals surface area contributed by atoms with Crippen molar-refractivity contribution in [1.82, 2.24) is 15.0 Å². The van der Waals surface area contributed by atoms with Gasteiger partial charge in [-0.3, -0.25) is 4.98 Å². The monoisotopic (exact) mass is 215 g/mol. The maximum Gasteiger partial charge on any atom is 0.341 e. The van der Waals surface area contributed by atoms with E-state index in [0.29, 0.717) is 17.1 Å². The number of pyridine rings is 1. The van der Waals surface area contributed by atoms with Crippen molar-refractivity contribution in [3.8, 4) is 11.5 Å². The van der Waals surface area contributed by atoms with Gasteiger partial charge in [-0.1, -0.05) is 6.07 Å². The molecule has 0 aliphatic carbocycles. The summed E-state index contributed by atoms with van der Waals surface area (Å²) >= 11 is 0. The molecular weight excluding hydrogens is 206 g/mol. The fourth-order valence-corrected chi connectivity index (χ4v) is 1.18. The highest BCUT2D eigenvalue weighted by atomic mass is 16.5. The van der Waals surface area contributed by atoms with Crippen LogP contribution < -0.4 is 0 Å². The Bertz CT molecular complexity index is 482. The first-order valence-corrected chi connectivity index (χ1v) is 4.63. The Morgan fingerprint density at radius 3 is 2.50 bits per heavy atom. The highest BCUT2D eigenvalue weighted by Gasteiger charge is 2.07. The Hall–Kier alpha value is -2.30. The Kier molecular flexibility index (Phi) is 2.86. The molecule has 0 saturated heterocycles. The normalized spacial score (nSPS) is 9.81. The zero-order valence-corrected chi connectivity index (χ0v) is 8.62. The Balaban J connectivity index is 2.30. The SMILES string of the molecule is COC(=O)c1cnc(-c2ccccn2)nc1. The number of esters is 1. The van der Waals surface area contributed by atoms with Crippen molar-refractivity contribution in [2.75, 3.05) is 7.11 Å². The minimum absolute atomic E-state index is 0.321. The number of hydrogen-bond acceptors (Lipinski definition) is 5. The third-order valence-electron chi connectivity index (χ3n) is 1.97. The molecule has 2 heterocycles. The van der Waals surface area contributed by atoms with E-state index in [2.05, 4.69) is 19.7 Å². The topological polar surface area (TPSA) is 65.0 Å². The van der Waals surface area contributed by atoms with Gasteiger partial charge < -0.3 is 4.74 Å². The van der Waals surface area contributed by atoms with Crippen LogP contribution in [0.2, 0.25) is 0 Å². The number of aromatic nitrogens is 3. The molecule has 5 heteroatoms. The molecule has 0 unspecified atom stereocenters. The third kappa shape index (κ3) is 2.03. The van der Waals surface area contributed by atoms with Crippen molar-refractivity contribution >= 4 is 5.97 Å². The molecule has 0 bridgehead atoms. The smallest absolute Gasteiger partial charge is 0.341 e. The molecule has 2 aromatic heterocycles. The molecule has 0 spiro atoms. The molecule has 0 aromatic carbocycles. The summed E-state index contributed by atoms with van der Waals surface area (Å²) < 4.78 is 4.55. The lowest BCUT2D eigenvalue weighted by atomic mass is 10.3. The fraction of sp³-hybridized carbons (Fsp3) is 0.0909. The largest absolute Gasteiger partial charge is 0.465 e. The first-order chi connectivity index (χ1) is 7.81. The highest BCUT2D eigenvalue weighted by Crippen LogP contribution is 2.10. The summed E-state index contributed by atoms with van der Waals surface area (Å²) in [5.74, 6) is 0.0285. The average molecular weight is 215 g/mol. The maximum absolute atomic E-state index is 11.1. The summed E-state index contributed by atoms with van der Waals surface area (Å²) in [5.41, 5.74) is 0.987. The predicted octanol–water partition coefficient (Wildman–Crippen LogP) is 1.33. The molecule has 0 aliphatic rings. The predicted molar refractivity (Wildman–Crippen MR) is 56.6 cm³/mol. The number of carbonyl (C=O) groups excluding carboxylic acids is 1. The summed E-state index contributed by atoms with van der Waals surface area (Å²) in [6, 6.07) is 5.46. The summed E-state index contributed by atoms with van der Waals surface area (Å²) in [5, 5.41) is 0. The zero-order chi connectivity index (χ0) is 11.4. The minimum atomic E-state index is -0.451. The second-order valence-electron chi connectivity index (χ2n) is 3.00. The van der Waals surface area contributed by atoms with E-state index < -0.39 is 5.97 Å². The van der Waals surface area contributed by atoms with E-state index in [1.165, 1.54) is 19.5 Å². The Labute approximate surface area is 92.2 Å². The number of nitrogens with zero attached hydrogens (tertiary/aromatic N) is 3. The van der Waals surface area contributed by atoms with Gasteiger partial charge in [0, 0.05) is 18.6 Å². The standard InChI is InChI=1S/C11H9N3O2/c1-16-11(15)8-6-13-10(14-7-8)9-4-2-3-5-12-9/h2-7H,1H3. The summed E-state index contributed by atoms with van der Waals surface area (Å²) in [4.78, 5) is 23.3. The first-order valence-electron chi connectivity index (χ1n) is 4.63. The van der Waals surface area contributed by atoms with E-state index in [4.69, 9.17) is 0 Å². The molecule has 0 aliphatic heterocycles. The van der Waals surface area contributed by atoms with Crippen molar-refractivity contribution in [3.63, 3.8) is 0 Å².